The first kappa shape index (κ1) is 16.4. The topological polar surface area (TPSA) is 83.5 Å². The molecule has 5 nitrogen and oxygen atoms in total. The van der Waals surface area contributed by atoms with Crippen molar-refractivity contribution in [1.82, 2.24) is 0 Å². The van der Waals surface area contributed by atoms with E-state index in [0.29, 0.717) is 5.69 Å². The Hall–Kier alpha value is -3.12. The van der Waals surface area contributed by atoms with Gasteiger partial charge in [0.05, 0.1) is 10.5 Å². The summed E-state index contributed by atoms with van der Waals surface area (Å²) < 4.78 is 27.7. The number of hydrogen-bond acceptors (Lipinski definition) is 3. The minimum atomic E-state index is -3.79. The number of carboxylic acid groups (broad SMARTS) is 1. The Morgan fingerprint density at radius 3 is 2.31 bits per heavy atom. The number of nitrogens with one attached hydrogen (secondary N) is 1. The van der Waals surface area contributed by atoms with Crippen LogP contribution in [0.3, 0.4) is 0 Å². The van der Waals surface area contributed by atoms with Gasteiger partial charge in [0.15, 0.2) is 0 Å². The number of anilines is 1. The second-order valence-electron chi connectivity index (χ2n) is 6.14. The molecule has 130 valence electrons. The highest BCUT2D eigenvalue weighted by Crippen LogP contribution is 2.38. The van der Waals surface area contributed by atoms with Crippen molar-refractivity contribution in [2.45, 2.75) is 11.3 Å². The Labute approximate surface area is 151 Å². The minimum Gasteiger partial charge on any atom is -0.478 e. The van der Waals surface area contributed by atoms with E-state index in [1.165, 1.54) is 35.4 Å². The second kappa shape index (κ2) is 6.00. The van der Waals surface area contributed by atoms with Crippen LogP contribution in [0, 0.1) is 0 Å². The fourth-order valence-corrected chi connectivity index (χ4v) is 4.23. The van der Waals surface area contributed by atoms with Crippen LogP contribution in [-0.4, -0.2) is 19.5 Å². The summed E-state index contributed by atoms with van der Waals surface area (Å²) in [6.07, 6.45) is 0.842. The Morgan fingerprint density at radius 2 is 1.58 bits per heavy atom. The van der Waals surface area contributed by atoms with Crippen molar-refractivity contribution in [2.24, 2.45) is 0 Å². The van der Waals surface area contributed by atoms with Gasteiger partial charge in [0.25, 0.3) is 10.0 Å². The Kier molecular flexibility index (Phi) is 3.77. The molecule has 4 rings (SSSR count). The first-order chi connectivity index (χ1) is 12.4. The zero-order valence-electron chi connectivity index (χ0n) is 13.6. The van der Waals surface area contributed by atoms with Gasteiger partial charge in [-0.25, -0.2) is 13.2 Å². The molecule has 0 fully saturated rings. The van der Waals surface area contributed by atoms with Gasteiger partial charge < -0.3 is 5.11 Å². The summed E-state index contributed by atoms with van der Waals surface area (Å²) in [5.74, 6) is -1.10. The molecule has 0 saturated carbocycles. The first-order valence-electron chi connectivity index (χ1n) is 8.01. The van der Waals surface area contributed by atoms with Crippen LogP contribution in [0.5, 0.6) is 0 Å². The summed E-state index contributed by atoms with van der Waals surface area (Å²) in [7, 11) is -3.79. The molecule has 1 aliphatic carbocycles. The van der Waals surface area contributed by atoms with Crippen molar-refractivity contribution < 1.29 is 18.3 Å². The number of carboxylic acids is 1. The molecule has 0 saturated heterocycles. The molecule has 0 aliphatic heterocycles. The quantitative estimate of drug-likeness (QED) is 0.577. The fourth-order valence-electron chi connectivity index (χ4n) is 3.18. The number of fused-ring (bicyclic) bond motifs is 3. The van der Waals surface area contributed by atoms with Gasteiger partial charge in [-0.2, -0.15) is 0 Å². The van der Waals surface area contributed by atoms with E-state index in [9.17, 15) is 13.2 Å². The van der Waals surface area contributed by atoms with Gasteiger partial charge in [-0.3, -0.25) is 4.72 Å². The highest BCUT2D eigenvalue weighted by atomic mass is 32.2. The molecule has 0 amide bonds. The van der Waals surface area contributed by atoms with E-state index in [4.69, 9.17) is 5.11 Å². The molecule has 3 aromatic rings. The van der Waals surface area contributed by atoms with Crippen molar-refractivity contribution in [1.29, 1.82) is 0 Å². The zero-order chi connectivity index (χ0) is 18.3. The minimum absolute atomic E-state index is 0.0170. The molecule has 26 heavy (non-hydrogen) atoms. The molecule has 2 N–H and O–H groups in total. The number of aromatic carboxylic acids is 1. The number of carbonyl (C=O) groups is 1. The van der Waals surface area contributed by atoms with Crippen LogP contribution in [0.15, 0.2) is 71.6 Å². The largest absolute Gasteiger partial charge is 0.478 e. The lowest BCUT2D eigenvalue weighted by Gasteiger charge is -2.10. The molecule has 0 aromatic heterocycles. The van der Waals surface area contributed by atoms with Gasteiger partial charge in [0.1, 0.15) is 0 Å². The maximum absolute atomic E-state index is 12.6. The van der Waals surface area contributed by atoms with E-state index in [1.54, 1.807) is 6.07 Å². The Bertz CT molecular complexity index is 1120. The Balaban J connectivity index is 1.65. The number of sulfonamides is 1. The first-order valence-corrected chi connectivity index (χ1v) is 9.50. The van der Waals surface area contributed by atoms with Crippen LogP contribution in [0.25, 0.3) is 11.1 Å². The molecule has 3 aromatic carbocycles. The highest BCUT2D eigenvalue weighted by Gasteiger charge is 2.20. The van der Waals surface area contributed by atoms with Gasteiger partial charge >= 0.3 is 5.97 Å². The second-order valence-corrected chi connectivity index (χ2v) is 7.82. The van der Waals surface area contributed by atoms with Crippen molar-refractivity contribution >= 4 is 21.7 Å². The monoisotopic (exact) mass is 365 g/mol. The van der Waals surface area contributed by atoms with Crippen molar-refractivity contribution in [3.05, 3.63) is 83.4 Å². The van der Waals surface area contributed by atoms with Crippen molar-refractivity contribution in [3.63, 3.8) is 0 Å². The maximum Gasteiger partial charge on any atom is 0.335 e. The Morgan fingerprint density at radius 1 is 0.885 bits per heavy atom. The van der Waals surface area contributed by atoms with E-state index in [-0.39, 0.29) is 10.5 Å². The summed E-state index contributed by atoms with van der Waals surface area (Å²) in [6, 6.07) is 18.7. The fraction of sp³-hybridized carbons (Fsp3) is 0.0500. The molecular weight excluding hydrogens is 350 g/mol. The molecule has 6 heteroatoms. The zero-order valence-corrected chi connectivity index (χ0v) is 14.5. The lowest BCUT2D eigenvalue weighted by molar-refractivity contribution is 0.0696. The van der Waals surface area contributed by atoms with Crippen LogP contribution in [0.2, 0.25) is 0 Å². The summed E-state index contributed by atoms with van der Waals surface area (Å²) in [5, 5.41) is 8.92. The molecular formula is C20H15NO4S. The number of hydrogen-bond donors (Lipinski definition) is 2. The van der Waals surface area contributed by atoms with Gasteiger partial charge in [-0.1, -0.05) is 30.3 Å². The van der Waals surface area contributed by atoms with Gasteiger partial charge in [-0.15, -0.1) is 0 Å². The van der Waals surface area contributed by atoms with E-state index >= 15 is 0 Å². The predicted octanol–water partition coefficient (Wildman–Crippen LogP) is 3.76. The predicted molar refractivity (Wildman–Crippen MR) is 98.9 cm³/mol. The van der Waals surface area contributed by atoms with Gasteiger partial charge in [0, 0.05) is 5.69 Å². The average molecular weight is 365 g/mol. The van der Waals surface area contributed by atoms with Crippen LogP contribution in [0.1, 0.15) is 21.5 Å². The molecule has 0 radical (unpaired) electrons. The van der Waals surface area contributed by atoms with Crippen LogP contribution < -0.4 is 4.72 Å². The van der Waals surface area contributed by atoms with Crippen LogP contribution in [0.4, 0.5) is 5.69 Å². The van der Waals surface area contributed by atoms with Crippen molar-refractivity contribution in [2.75, 3.05) is 4.72 Å². The highest BCUT2D eigenvalue weighted by molar-refractivity contribution is 7.92. The lowest BCUT2D eigenvalue weighted by Crippen LogP contribution is -2.13. The third-order valence-electron chi connectivity index (χ3n) is 4.46. The van der Waals surface area contributed by atoms with E-state index < -0.39 is 16.0 Å². The molecule has 0 heterocycles. The third kappa shape index (κ3) is 2.84. The summed E-state index contributed by atoms with van der Waals surface area (Å²) in [6.45, 7) is 0. The average Bonchev–Trinajstić information content (AvgIpc) is 2.99. The summed E-state index contributed by atoms with van der Waals surface area (Å²) >= 11 is 0. The molecule has 0 spiro atoms. The molecule has 0 unspecified atom stereocenters. The standard InChI is InChI=1S/C20H15NO4S/c22-20(23)13-6-9-17(10-7-13)26(24,25)21-16-8-5-15-11-14-3-1-2-4-18(14)19(15)12-16/h1-10,12,21H,11H2,(H,22,23). The van der Waals surface area contributed by atoms with E-state index in [0.717, 1.165) is 17.5 Å². The summed E-state index contributed by atoms with van der Waals surface area (Å²) in [5.41, 5.74) is 5.06. The SMILES string of the molecule is O=C(O)c1ccc(S(=O)(=O)Nc2ccc3c(c2)-c2ccccc2C3)cc1. The van der Waals surface area contributed by atoms with E-state index in [1.807, 2.05) is 30.3 Å². The van der Waals surface area contributed by atoms with Gasteiger partial charge in [-0.05, 0) is 65.1 Å². The van der Waals surface area contributed by atoms with Gasteiger partial charge in [0.2, 0.25) is 0 Å². The lowest BCUT2D eigenvalue weighted by atomic mass is 10.1. The smallest absolute Gasteiger partial charge is 0.335 e. The van der Waals surface area contributed by atoms with Crippen LogP contribution in [-0.2, 0) is 16.4 Å². The molecule has 0 atom stereocenters. The number of rotatable bonds is 4. The number of benzene rings is 3. The maximum atomic E-state index is 12.6. The van der Waals surface area contributed by atoms with Crippen molar-refractivity contribution in [3.8, 4) is 11.1 Å². The third-order valence-corrected chi connectivity index (χ3v) is 5.86. The van der Waals surface area contributed by atoms with E-state index in [2.05, 4.69) is 10.8 Å². The van der Waals surface area contributed by atoms with Crippen LogP contribution >= 0.6 is 0 Å². The summed E-state index contributed by atoms with van der Waals surface area (Å²) in [4.78, 5) is 10.9. The molecule has 0 bridgehead atoms. The molecule has 1 aliphatic rings. The normalized spacial score (nSPS) is 12.3.